The molecule has 0 radical (unpaired) electrons. The Morgan fingerprint density at radius 3 is 2.09 bits per heavy atom. The fourth-order valence-corrected chi connectivity index (χ4v) is 11.1. The first-order valence-electron chi connectivity index (χ1n) is 13.8. The highest BCUT2D eigenvalue weighted by molar-refractivity contribution is 5.76. The van der Waals surface area contributed by atoms with E-state index in [0.29, 0.717) is 23.2 Å². The zero-order valence-corrected chi connectivity index (χ0v) is 21.9. The van der Waals surface area contributed by atoms with Crippen LogP contribution < -0.4 is 0 Å². The van der Waals surface area contributed by atoms with Crippen molar-refractivity contribution in [2.45, 2.75) is 106 Å². The Hall–Kier alpha value is -0.570. The van der Waals surface area contributed by atoms with Gasteiger partial charge in [0.05, 0.1) is 5.41 Å². The quantitative estimate of drug-likeness (QED) is 0.477. The van der Waals surface area contributed by atoms with Crippen molar-refractivity contribution in [3.8, 4) is 0 Å². The van der Waals surface area contributed by atoms with Gasteiger partial charge in [0.25, 0.3) is 0 Å². The normalized spacial score (nSPS) is 51.6. The van der Waals surface area contributed by atoms with Crippen LogP contribution in [0.2, 0.25) is 0 Å². The zero-order chi connectivity index (χ0) is 23.7. The Balaban J connectivity index is 1.74. The molecular formula is C29H50O3. The van der Waals surface area contributed by atoms with Gasteiger partial charge in [-0.3, -0.25) is 4.79 Å². The van der Waals surface area contributed by atoms with Gasteiger partial charge in [-0.15, -0.1) is 0 Å². The fourth-order valence-electron chi connectivity index (χ4n) is 11.1. The molecule has 4 rings (SSSR count). The van der Waals surface area contributed by atoms with Crippen LogP contribution in [0.3, 0.4) is 0 Å². The van der Waals surface area contributed by atoms with Crippen LogP contribution >= 0.6 is 0 Å². The molecule has 0 heterocycles. The number of fused-ring (bicyclic) bond motifs is 5. The molecule has 0 bridgehead atoms. The second kappa shape index (κ2) is 7.99. The number of rotatable bonds is 5. The highest BCUT2D eigenvalue weighted by Gasteiger charge is 2.70. The second-order valence-electron chi connectivity index (χ2n) is 13.6. The highest BCUT2D eigenvalue weighted by atomic mass is 16.4. The average Bonchev–Trinajstić information content (AvgIpc) is 3.12. The van der Waals surface area contributed by atoms with E-state index in [2.05, 4.69) is 48.5 Å². The molecule has 0 amide bonds. The van der Waals surface area contributed by atoms with E-state index in [1.54, 1.807) is 0 Å². The lowest BCUT2D eigenvalue weighted by Crippen LogP contribution is -2.65. The predicted octanol–water partition coefficient (Wildman–Crippen LogP) is 7.03. The summed E-state index contributed by atoms with van der Waals surface area (Å²) < 4.78 is 0. The van der Waals surface area contributed by atoms with E-state index in [-0.39, 0.29) is 29.8 Å². The molecular weight excluding hydrogens is 396 g/mol. The smallest absolute Gasteiger partial charge is 0.310 e. The van der Waals surface area contributed by atoms with Crippen molar-refractivity contribution in [3.05, 3.63) is 0 Å². The Bertz CT molecular complexity index is 732. The maximum absolute atomic E-state index is 13.0. The maximum Gasteiger partial charge on any atom is 0.310 e. The Morgan fingerprint density at radius 2 is 1.53 bits per heavy atom. The van der Waals surface area contributed by atoms with E-state index in [9.17, 15) is 15.0 Å². The number of hydrogen-bond acceptors (Lipinski definition) is 2. The molecule has 3 unspecified atom stereocenters. The number of carbonyl (C=O) groups is 1. The number of carboxylic acid groups (broad SMARTS) is 1. The Morgan fingerprint density at radius 1 is 0.875 bits per heavy atom. The third-order valence-corrected chi connectivity index (χ3v) is 12.8. The SMILES string of the molecule is CC[C@]1(C(=O)O)C2CC[C@@]3(C)[C@@H]4CCC(C(C)C)C4(C)CC[C@]3(C)[C@H]2CC[C@H]1[C@@H](C)CO. The summed E-state index contributed by atoms with van der Waals surface area (Å²) in [4.78, 5) is 13.0. The van der Waals surface area contributed by atoms with Crippen LogP contribution in [0.25, 0.3) is 0 Å². The first kappa shape index (κ1) is 24.6. The largest absolute Gasteiger partial charge is 0.481 e. The summed E-state index contributed by atoms with van der Waals surface area (Å²) in [6.07, 6.45) is 10.4. The third-order valence-electron chi connectivity index (χ3n) is 12.8. The molecule has 4 aliphatic rings. The van der Waals surface area contributed by atoms with Gasteiger partial charge in [0.15, 0.2) is 0 Å². The molecule has 2 N–H and O–H groups in total. The molecule has 32 heavy (non-hydrogen) atoms. The Labute approximate surface area is 197 Å². The third kappa shape index (κ3) is 2.91. The van der Waals surface area contributed by atoms with Crippen molar-refractivity contribution in [2.24, 2.45) is 63.1 Å². The van der Waals surface area contributed by atoms with Crippen molar-refractivity contribution >= 4 is 5.97 Å². The summed E-state index contributed by atoms with van der Waals surface area (Å²) >= 11 is 0. The van der Waals surface area contributed by atoms with Crippen LogP contribution in [0.4, 0.5) is 0 Å². The molecule has 0 aliphatic heterocycles. The van der Waals surface area contributed by atoms with Gasteiger partial charge in [-0.1, -0.05) is 48.5 Å². The summed E-state index contributed by atoms with van der Waals surface area (Å²) in [6.45, 7) is 16.9. The van der Waals surface area contributed by atoms with Gasteiger partial charge in [0.1, 0.15) is 0 Å². The lowest BCUT2D eigenvalue weighted by Gasteiger charge is -2.70. The molecule has 0 aromatic heterocycles. The van der Waals surface area contributed by atoms with Gasteiger partial charge in [-0.25, -0.2) is 0 Å². The molecule has 184 valence electrons. The van der Waals surface area contributed by atoms with Gasteiger partial charge in [-0.2, -0.15) is 0 Å². The number of hydrogen-bond donors (Lipinski definition) is 2. The minimum absolute atomic E-state index is 0.0596. The van der Waals surface area contributed by atoms with Crippen molar-refractivity contribution < 1.29 is 15.0 Å². The highest BCUT2D eigenvalue weighted by Crippen LogP contribution is 2.76. The van der Waals surface area contributed by atoms with Crippen LogP contribution in [-0.4, -0.2) is 22.8 Å². The minimum Gasteiger partial charge on any atom is -0.481 e. The van der Waals surface area contributed by atoms with Crippen LogP contribution in [0.15, 0.2) is 0 Å². The van der Waals surface area contributed by atoms with Crippen molar-refractivity contribution in [3.63, 3.8) is 0 Å². The second-order valence-corrected chi connectivity index (χ2v) is 13.6. The summed E-state index contributed by atoms with van der Waals surface area (Å²) in [5.41, 5.74) is 0.326. The lowest BCUT2D eigenvalue weighted by molar-refractivity contribution is -0.225. The fraction of sp³-hybridized carbons (Fsp3) is 0.966. The molecule has 0 aromatic rings. The van der Waals surface area contributed by atoms with Crippen LogP contribution in [0, 0.1) is 63.1 Å². The number of aliphatic hydroxyl groups is 1. The van der Waals surface area contributed by atoms with E-state index in [1.807, 2.05) is 0 Å². The summed E-state index contributed by atoms with van der Waals surface area (Å²) in [5.74, 6) is 2.68. The molecule has 10 atom stereocenters. The van der Waals surface area contributed by atoms with Gasteiger partial charge in [0.2, 0.25) is 0 Å². The molecule has 3 heteroatoms. The van der Waals surface area contributed by atoms with Crippen LogP contribution in [0.5, 0.6) is 0 Å². The van der Waals surface area contributed by atoms with Gasteiger partial charge in [-0.05, 0) is 115 Å². The first-order chi connectivity index (χ1) is 14.9. The van der Waals surface area contributed by atoms with E-state index >= 15 is 0 Å². The summed E-state index contributed by atoms with van der Waals surface area (Å²) in [5, 5.41) is 20.7. The summed E-state index contributed by atoms with van der Waals surface area (Å²) in [6, 6.07) is 0. The van der Waals surface area contributed by atoms with E-state index in [0.717, 1.165) is 37.0 Å². The Kier molecular flexibility index (Phi) is 6.13. The standard InChI is InChI=1S/C29H50O3/c1-8-29(25(31)32)21(19(4)17-30)9-10-22-23(29)13-14-28(7)24-12-11-20(18(2)3)26(24,5)15-16-27(22,28)6/h18-24,30H,8-17H2,1-7H3,(H,31,32)/t19-,20?,21-,22-,23?,24+,26?,27+,28-,29+/m0/s1. The monoisotopic (exact) mass is 446 g/mol. The molecule has 4 fully saturated rings. The molecule has 0 saturated heterocycles. The minimum atomic E-state index is -0.674. The van der Waals surface area contributed by atoms with E-state index < -0.39 is 11.4 Å². The average molecular weight is 447 g/mol. The number of aliphatic carboxylic acids is 1. The van der Waals surface area contributed by atoms with Crippen molar-refractivity contribution in [1.29, 1.82) is 0 Å². The van der Waals surface area contributed by atoms with Gasteiger partial charge >= 0.3 is 5.97 Å². The first-order valence-corrected chi connectivity index (χ1v) is 13.8. The zero-order valence-electron chi connectivity index (χ0n) is 21.9. The van der Waals surface area contributed by atoms with E-state index in [4.69, 9.17) is 0 Å². The topological polar surface area (TPSA) is 57.5 Å². The maximum atomic E-state index is 13.0. The van der Waals surface area contributed by atoms with Crippen LogP contribution in [-0.2, 0) is 4.79 Å². The van der Waals surface area contributed by atoms with Gasteiger partial charge < -0.3 is 10.2 Å². The van der Waals surface area contributed by atoms with Crippen LogP contribution in [0.1, 0.15) is 106 Å². The summed E-state index contributed by atoms with van der Waals surface area (Å²) in [7, 11) is 0. The van der Waals surface area contributed by atoms with Crippen molar-refractivity contribution in [2.75, 3.05) is 6.61 Å². The molecule has 4 aliphatic carbocycles. The lowest BCUT2D eigenvalue weighted by atomic mass is 9.34. The molecule has 4 saturated carbocycles. The van der Waals surface area contributed by atoms with Crippen molar-refractivity contribution in [1.82, 2.24) is 0 Å². The molecule has 0 spiro atoms. The number of aliphatic hydroxyl groups excluding tert-OH is 1. The number of carboxylic acids is 1. The van der Waals surface area contributed by atoms with Gasteiger partial charge in [0, 0.05) is 6.61 Å². The van der Waals surface area contributed by atoms with E-state index in [1.165, 1.54) is 32.1 Å². The molecule has 0 aromatic carbocycles. The molecule has 3 nitrogen and oxygen atoms in total. The predicted molar refractivity (Wildman–Crippen MR) is 130 cm³/mol.